The number of allylic oxidation sites excluding steroid dienone is 1. The molecule has 138 valence electrons. The number of thiophene rings is 1. The molecule has 1 aromatic carbocycles. The second-order valence-electron chi connectivity index (χ2n) is 6.83. The number of benzene rings is 1. The van der Waals surface area contributed by atoms with E-state index in [9.17, 15) is 4.79 Å². The molecule has 0 bridgehead atoms. The Labute approximate surface area is 161 Å². The van der Waals surface area contributed by atoms with Crippen LogP contribution in [-0.4, -0.2) is 20.7 Å². The van der Waals surface area contributed by atoms with E-state index in [0.29, 0.717) is 11.5 Å². The largest absolute Gasteiger partial charge is 0.328 e. The van der Waals surface area contributed by atoms with Crippen LogP contribution in [0.3, 0.4) is 0 Å². The van der Waals surface area contributed by atoms with E-state index in [0.717, 1.165) is 27.4 Å². The van der Waals surface area contributed by atoms with Gasteiger partial charge in [-0.15, -0.1) is 11.3 Å². The Balaban J connectivity index is 1.77. The monoisotopic (exact) mass is 379 g/mol. The number of amides is 1. The highest BCUT2D eigenvalue weighted by atomic mass is 32.1. The Bertz CT molecular complexity index is 1060. The summed E-state index contributed by atoms with van der Waals surface area (Å²) in [6.07, 6.45) is 1.51. The zero-order valence-electron chi connectivity index (χ0n) is 15.7. The van der Waals surface area contributed by atoms with Gasteiger partial charge in [0.25, 0.3) is 5.91 Å². The van der Waals surface area contributed by atoms with E-state index in [1.807, 2.05) is 38.3 Å². The van der Waals surface area contributed by atoms with Gasteiger partial charge in [-0.3, -0.25) is 4.79 Å². The number of nitrogens with one attached hydrogen (secondary N) is 2. The molecule has 2 N–H and O–H groups in total. The van der Waals surface area contributed by atoms with Crippen molar-refractivity contribution in [3.05, 3.63) is 68.8 Å². The number of rotatable bonds is 3. The van der Waals surface area contributed by atoms with Crippen LogP contribution in [0.5, 0.6) is 0 Å². The number of aryl methyl sites for hydroxylation is 3. The molecular formula is C20H21N5OS. The quantitative estimate of drug-likeness (QED) is 0.716. The lowest BCUT2D eigenvalue weighted by Gasteiger charge is -2.28. The SMILES string of the molecule is CC1=C(C(=O)Nc2ccc(C)cc2C)[C@@H](c2sccc2C)n2ncnc2N1. The van der Waals surface area contributed by atoms with Crippen molar-refractivity contribution >= 4 is 28.9 Å². The first kappa shape index (κ1) is 17.5. The number of anilines is 2. The molecule has 1 aliphatic rings. The number of fused-ring (bicyclic) bond motifs is 1. The maximum atomic E-state index is 13.3. The first-order valence-electron chi connectivity index (χ1n) is 8.75. The van der Waals surface area contributed by atoms with Gasteiger partial charge in [-0.05, 0) is 56.3 Å². The smallest absolute Gasteiger partial charge is 0.255 e. The van der Waals surface area contributed by atoms with Gasteiger partial charge in [0, 0.05) is 16.3 Å². The van der Waals surface area contributed by atoms with E-state index in [4.69, 9.17) is 0 Å². The topological polar surface area (TPSA) is 71.8 Å². The Morgan fingerprint density at radius 2 is 2.00 bits per heavy atom. The van der Waals surface area contributed by atoms with E-state index >= 15 is 0 Å². The van der Waals surface area contributed by atoms with Gasteiger partial charge in [0.05, 0.1) is 5.57 Å². The van der Waals surface area contributed by atoms with Gasteiger partial charge in [-0.2, -0.15) is 10.1 Å². The molecule has 0 fully saturated rings. The summed E-state index contributed by atoms with van der Waals surface area (Å²) in [4.78, 5) is 18.7. The summed E-state index contributed by atoms with van der Waals surface area (Å²) in [5.41, 5.74) is 5.60. The molecule has 0 unspecified atom stereocenters. The van der Waals surface area contributed by atoms with Crippen LogP contribution in [0.4, 0.5) is 11.6 Å². The van der Waals surface area contributed by atoms with Crippen LogP contribution in [0, 0.1) is 20.8 Å². The summed E-state index contributed by atoms with van der Waals surface area (Å²) >= 11 is 1.63. The van der Waals surface area contributed by atoms with Crippen molar-refractivity contribution in [3.8, 4) is 0 Å². The molecule has 27 heavy (non-hydrogen) atoms. The summed E-state index contributed by atoms with van der Waals surface area (Å²) < 4.78 is 1.78. The summed E-state index contributed by atoms with van der Waals surface area (Å²) in [6, 6.07) is 7.77. The van der Waals surface area contributed by atoms with E-state index in [1.54, 1.807) is 16.0 Å². The van der Waals surface area contributed by atoms with Crippen molar-refractivity contribution < 1.29 is 4.79 Å². The minimum atomic E-state index is -0.297. The molecule has 6 nitrogen and oxygen atoms in total. The Kier molecular flexibility index (Phi) is 4.31. The first-order valence-corrected chi connectivity index (χ1v) is 9.63. The highest BCUT2D eigenvalue weighted by Gasteiger charge is 2.35. The predicted octanol–water partition coefficient (Wildman–Crippen LogP) is 4.19. The van der Waals surface area contributed by atoms with E-state index in [1.165, 1.54) is 11.9 Å². The molecular weight excluding hydrogens is 358 g/mol. The number of hydrogen-bond donors (Lipinski definition) is 2. The normalized spacial score (nSPS) is 16.1. The lowest BCUT2D eigenvalue weighted by Crippen LogP contribution is -2.31. The molecule has 3 aromatic rings. The highest BCUT2D eigenvalue weighted by Crippen LogP contribution is 2.38. The van der Waals surface area contributed by atoms with Crippen molar-refractivity contribution in [3.63, 3.8) is 0 Å². The Hall–Kier alpha value is -2.93. The summed E-state index contributed by atoms with van der Waals surface area (Å²) in [6.45, 7) is 8.00. The number of hydrogen-bond acceptors (Lipinski definition) is 5. The number of carbonyl (C=O) groups is 1. The predicted molar refractivity (Wildman–Crippen MR) is 108 cm³/mol. The van der Waals surface area contributed by atoms with Crippen LogP contribution in [-0.2, 0) is 4.79 Å². The van der Waals surface area contributed by atoms with E-state index < -0.39 is 0 Å². The molecule has 1 aliphatic heterocycles. The first-order chi connectivity index (χ1) is 13.0. The van der Waals surface area contributed by atoms with Gasteiger partial charge in [0.15, 0.2) is 0 Å². The van der Waals surface area contributed by atoms with Gasteiger partial charge >= 0.3 is 0 Å². The second-order valence-corrected chi connectivity index (χ2v) is 7.78. The van der Waals surface area contributed by atoms with E-state index in [2.05, 4.69) is 39.8 Å². The summed E-state index contributed by atoms with van der Waals surface area (Å²) in [7, 11) is 0. The third-order valence-electron chi connectivity index (χ3n) is 4.82. The molecule has 2 aromatic heterocycles. The Morgan fingerprint density at radius 3 is 2.70 bits per heavy atom. The molecule has 0 saturated carbocycles. The van der Waals surface area contributed by atoms with Gasteiger partial charge in [-0.1, -0.05) is 17.7 Å². The van der Waals surface area contributed by atoms with Crippen LogP contribution in [0.15, 0.2) is 47.2 Å². The van der Waals surface area contributed by atoms with Gasteiger partial charge in [0.2, 0.25) is 5.95 Å². The third-order valence-corrected chi connectivity index (χ3v) is 5.89. The van der Waals surface area contributed by atoms with Gasteiger partial charge < -0.3 is 10.6 Å². The molecule has 0 radical (unpaired) electrons. The molecule has 0 spiro atoms. The zero-order valence-corrected chi connectivity index (χ0v) is 16.5. The fraction of sp³-hybridized carbons (Fsp3) is 0.250. The van der Waals surface area contributed by atoms with Crippen LogP contribution in [0.2, 0.25) is 0 Å². The molecule has 1 amide bonds. The lowest BCUT2D eigenvalue weighted by atomic mass is 9.98. The average molecular weight is 379 g/mol. The van der Waals surface area contributed by atoms with Gasteiger partial charge in [-0.25, -0.2) is 4.68 Å². The fourth-order valence-electron chi connectivity index (χ4n) is 3.44. The molecule has 1 atom stereocenters. The van der Waals surface area contributed by atoms with Crippen molar-refractivity contribution in [2.24, 2.45) is 0 Å². The zero-order chi connectivity index (χ0) is 19.1. The van der Waals surface area contributed by atoms with Gasteiger partial charge in [0.1, 0.15) is 12.4 Å². The van der Waals surface area contributed by atoms with Crippen LogP contribution in [0.25, 0.3) is 0 Å². The maximum Gasteiger partial charge on any atom is 0.255 e. The number of aromatic nitrogens is 3. The van der Waals surface area contributed by atoms with Crippen molar-refractivity contribution in [2.75, 3.05) is 10.6 Å². The van der Waals surface area contributed by atoms with Crippen molar-refractivity contribution in [1.82, 2.24) is 14.8 Å². The van der Waals surface area contributed by atoms with Crippen molar-refractivity contribution in [2.45, 2.75) is 33.7 Å². The fourth-order valence-corrected chi connectivity index (χ4v) is 4.45. The third kappa shape index (κ3) is 3.04. The van der Waals surface area contributed by atoms with Crippen LogP contribution in [0.1, 0.15) is 34.5 Å². The number of nitrogens with zero attached hydrogens (tertiary/aromatic N) is 3. The lowest BCUT2D eigenvalue weighted by molar-refractivity contribution is -0.113. The second kappa shape index (κ2) is 6.66. The maximum absolute atomic E-state index is 13.3. The average Bonchev–Trinajstić information content (AvgIpc) is 3.24. The molecule has 4 rings (SSSR count). The molecule has 3 heterocycles. The minimum absolute atomic E-state index is 0.133. The molecule has 7 heteroatoms. The van der Waals surface area contributed by atoms with Crippen molar-refractivity contribution in [1.29, 1.82) is 0 Å². The standard InChI is InChI=1S/C20H21N5OS/c1-11-5-6-15(13(3)9-11)24-19(26)16-14(4)23-20-21-10-22-25(20)17(16)18-12(2)7-8-27-18/h5-10,17H,1-4H3,(H,24,26)(H,21,22,23)/t17-/m0/s1. The highest BCUT2D eigenvalue weighted by molar-refractivity contribution is 7.10. The van der Waals surface area contributed by atoms with E-state index in [-0.39, 0.29) is 11.9 Å². The molecule has 0 aliphatic carbocycles. The summed E-state index contributed by atoms with van der Waals surface area (Å²) in [5, 5.41) is 12.7. The van der Waals surface area contributed by atoms with Crippen LogP contribution < -0.4 is 10.6 Å². The summed E-state index contributed by atoms with van der Waals surface area (Å²) in [5.74, 6) is 0.513. The Morgan fingerprint density at radius 1 is 1.19 bits per heavy atom. The molecule has 0 saturated heterocycles. The minimum Gasteiger partial charge on any atom is -0.328 e. The number of carbonyl (C=O) groups excluding carboxylic acids is 1. The van der Waals surface area contributed by atoms with Crippen LogP contribution >= 0.6 is 11.3 Å².